The normalized spacial score (nSPS) is 12.8. The molecule has 0 fully saturated rings. The quantitative estimate of drug-likeness (QED) is 0.758. The Balaban J connectivity index is 3.16. The minimum absolute atomic E-state index is 0.00940. The van der Waals surface area contributed by atoms with Crippen LogP contribution in [0.5, 0.6) is 5.75 Å². The smallest absolute Gasteiger partial charge is 0.254 e. The van der Waals surface area contributed by atoms with Gasteiger partial charge in [0.15, 0.2) is 0 Å². The first kappa shape index (κ1) is 17.4. The van der Waals surface area contributed by atoms with Gasteiger partial charge in [-0.1, -0.05) is 0 Å². The lowest BCUT2D eigenvalue weighted by atomic mass is 10.2. The molecule has 0 unspecified atom stereocenters. The molecular weight excluding hydrogens is 296 g/mol. The molecule has 0 saturated carbocycles. The molecule has 0 aliphatic rings. The second-order valence-electron chi connectivity index (χ2n) is 4.42. The van der Waals surface area contributed by atoms with Gasteiger partial charge in [-0.05, 0) is 25.1 Å². The predicted octanol–water partition coefficient (Wildman–Crippen LogP) is 0.368. The van der Waals surface area contributed by atoms with Crippen molar-refractivity contribution in [1.82, 2.24) is 10.0 Å². The van der Waals surface area contributed by atoms with Crippen LogP contribution in [0.2, 0.25) is 0 Å². The summed E-state index contributed by atoms with van der Waals surface area (Å²) in [7, 11) is 0.623. The molecule has 2 N–H and O–H groups in total. The van der Waals surface area contributed by atoms with Gasteiger partial charge in [-0.15, -0.1) is 0 Å². The van der Waals surface area contributed by atoms with Gasteiger partial charge in [0.2, 0.25) is 10.0 Å². The Bertz CT molecular complexity index is 601. The summed E-state index contributed by atoms with van der Waals surface area (Å²) in [5.41, 5.74) is 0.155. The summed E-state index contributed by atoms with van der Waals surface area (Å²) in [4.78, 5) is 11.8. The molecule has 0 aliphatic heterocycles. The van der Waals surface area contributed by atoms with Gasteiger partial charge in [-0.2, -0.15) is 0 Å². The van der Waals surface area contributed by atoms with Crippen molar-refractivity contribution < 1.29 is 22.7 Å². The van der Waals surface area contributed by atoms with Crippen LogP contribution in [0.25, 0.3) is 0 Å². The highest BCUT2D eigenvalue weighted by atomic mass is 32.2. The molecule has 1 aromatic carbocycles. The number of ether oxygens (including phenoxy) is 2. The Kier molecular flexibility index (Phi) is 6.13. The van der Waals surface area contributed by atoms with E-state index in [1.54, 1.807) is 6.92 Å². The highest BCUT2D eigenvalue weighted by molar-refractivity contribution is 7.89. The molecule has 0 spiro atoms. The maximum atomic E-state index is 12.2. The molecule has 0 bridgehead atoms. The fraction of sp³-hybridized carbons (Fsp3) is 0.462. The highest BCUT2D eigenvalue weighted by Gasteiger charge is 2.21. The number of sulfonamides is 1. The van der Waals surface area contributed by atoms with Crippen molar-refractivity contribution in [2.75, 3.05) is 27.9 Å². The van der Waals surface area contributed by atoms with E-state index in [1.165, 1.54) is 39.5 Å². The van der Waals surface area contributed by atoms with Gasteiger partial charge in [0, 0.05) is 20.2 Å². The number of hydrogen-bond acceptors (Lipinski definition) is 5. The molecule has 7 nitrogen and oxygen atoms in total. The largest absolute Gasteiger partial charge is 0.496 e. The molecule has 0 heterocycles. The maximum absolute atomic E-state index is 12.2. The molecule has 8 heteroatoms. The molecule has 0 radical (unpaired) electrons. The first-order valence-electron chi connectivity index (χ1n) is 6.27. The highest BCUT2D eigenvalue weighted by Crippen LogP contribution is 2.22. The summed E-state index contributed by atoms with van der Waals surface area (Å²) in [6.07, 6.45) is 0. The summed E-state index contributed by atoms with van der Waals surface area (Å²) < 4.78 is 36.9. The van der Waals surface area contributed by atoms with Crippen LogP contribution in [0.3, 0.4) is 0 Å². The summed E-state index contributed by atoms with van der Waals surface area (Å²) >= 11 is 0. The lowest BCUT2D eigenvalue weighted by molar-refractivity contribution is 0.0960. The Morgan fingerprint density at radius 1 is 1.33 bits per heavy atom. The SMILES string of the molecule is CNC(=O)c1cc(S(=O)(=O)N[C@@H](C)COC)ccc1OC. The van der Waals surface area contributed by atoms with E-state index in [2.05, 4.69) is 10.0 Å². The van der Waals surface area contributed by atoms with Gasteiger partial charge in [-0.25, -0.2) is 13.1 Å². The molecular formula is C13H20N2O5S. The average Bonchev–Trinajstić information content (AvgIpc) is 2.45. The Hall–Kier alpha value is -1.64. The van der Waals surface area contributed by atoms with Crippen molar-refractivity contribution in [3.63, 3.8) is 0 Å². The molecule has 1 amide bonds. The van der Waals surface area contributed by atoms with Gasteiger partial charge >= 0.3 is 0 Å². The number of carbonyl (C=O) groups is 1. The van der Waals surface area contributed by atoms with E-state index in [0.717, 1.165) is 0 Å². The summed E-state index contributed by atoms with van der Waals surface area (Å²) in [5.74, 6) is -0.118. The molecule has 0 aliphatic carbocycles. The van der Waals surface area contributed by atoms with Crippen molar-refractivity contribution in [2.24, 2.45) is 0 Å². The topological polar surface area (TPSA) is 93.7 Å². The minimum Gasteiger partial charge on any atom is -0.496 e. The fourth-order valence-corrected chi connectivity index (χ4v) is 3.04. The minimum atomic E-state index is -3.74. The predicted molar refractivity (Wildman–Crippen MR) is 78.0 cm³/mol. The van der Waals surface area contributed by atoms with Crippen LogP contribution in [0.1, 0.15) is 17.3 Å². The molecule has 118 valence electrons. The van der Waals surface area contributed by atoms with Crippen molar-refractivity contribution in [2.45, 2.75) is 17.9 Å². The van der Waals surface area contributed by atoms with Gasteiger partial charge in [-0.3, -0.25) is 4.79 Å². The van der Waals surface area contributed by atoms with Crippen molar-refractivity contribution in [1.29, 1.82) is 0 Å². The van der Waals surface area contributed by atoms with Crippen molar-refractivity contribution >= 4 is 15.9 Å². The number of carbonyl (C=O) groups excluding carboxylic acids is 1. The molecule has 21 heavy (non-hydrogen) atoms. The third-order valence-corrected chi connectivity index (χ3v) is 4.31. The van der Waals surface area contributed by atoms with Crippen LogP contribution in [0.4, 0.5) is 0 Å². The maximum Gasteiger partial charge on any atom is 0.254 e. The number of hydrogen-bond donors (Lipinski definition) is 2. The monoisotopic (exact) mass is 316 g/mol. The number of methoxy groups -OCH3 is 2. The number of nitrogens with one attached hydrogen (secondary N) is 2. The lowest BCUT2D eigenvalue weighted by Crippen LogP contribution is -2.35. The number of benzene rings is 1. The van der Waals surface area contributed by atoms with E-state index >= 15 is 0 Å². The zero-order chi connectivity index (χ0) is 16.0. The van der Waals surface area contributed by atoms with Gasteiger partial charge < -0.3 is 14.8 Å². The molecule has 1 rings (SSSR count). The van der Waals surface area contributed by atoms with Crippen LogP contribution >= 0.6 is 0 Å². The average molecular weight is 316 g/mol. The van der Waals surface area contributed by atoms with E-state index < -0.39 is 15.9 Å². The van der Waals surface area contributed by atoms with Crippen LogP contribution in [0, 0.1) is 0 Å². The first-order valence-corrected chi connectivity index (χ1v) is 7.75. The zero-order valence-electron chi connectivity index (χ0n) is 12.5. The Morgan fingerprint density at radius 2 is 2.00 bits per heavy atom. The summed E-state index contributed by atoms with van der Waals surface area (Å²) in [5, 5.41) is 2.44. The van der Waals surface area contributed by atoms with E-state index in [0.29, 0.717) is 5.75 Å². The van der Waals surface area contributed by atoms with Crippen LogP contribution in [-0.2, 0) is 14.8 Å². The second-order valence-corrected chi connectivity index (χ2v) is 6.13. The molecule has 1 aromatic rings. The van der Waals surface area contributed by atoms with E-state index in [9.17, 15) is 13.2 Å². The molecule has 0 saturated heterocycles. The summed E-state index contributed by atoms with van der Waals surface area (Å²) in [6.45, 7) is 1.93. The van der Waals surface area contributed by atoms with Crippen LogP contribution < -0.4 is 14.8 Å². The zero-order valence-corrected chi connectivity index (χ0v) is 13.3. The van der Waals surface area contributed by atoms with Crippen LogP contribution in [0.15, 0.2) is 23.1 Å². The van der Waals surface area contributed by atoms with Gasteiger partial charge in [0.1, 0.15) is 5.75 Å². The Labute approximate surface area is 124 Å². The van der Waals surface area contributed by atoms with Crippen LogP contribution in [-0.4, -0.2) is 48.2 Å². The van der Waals surface area contributed by atoms with E-state index in [1.807, 2.05) is 0 Å². The number of amides is 1. The van der Waals surface area contributed by atoms with Gasteiger partial charge in [0.05, 0.1) is 24.2 Å². The standard InChI is InChI=1S/C13H20N2O5S/c1-9(8-19-3)15-21(17,18)10-5-6-12(20-4)11(7-10)13(16)14-2/h5-7,9,15H,8H2,1-4H3,(H,14,16)/t9-/m0/s1. The molecule has 0 aromatic heterocycles. The third kappa shape index (κ3) is 4.42. The first-order chi connectivity index (χ1) is 9.85. The third-order valence-electron chi connectivity index (χ3n) is 2.73. The van der Waals surface area contributed by atoms with Crippen molar-refractivity contribution in [3.05, 3.63) is 23.8 Å². The van der Waals surface area contributed by atoms with Gasteiger partial charge in [0.25, 0.3) is 5.91 Å². The summed E-state index contributed by atoms with van der Waals surface area (Å²) in [6, 6.07) is 3.72. The van der Waals surface area contributed by atoms with Crippen molar-refractivity contribution in [3.8, 4) is 5.75 Å². The van der Waals surface area contributed by atoms with E-state index in [4.69, 9.17) is 9.47 Å². The molecule has 1 atom stereocenters. The Morgan fingerprint density at radius 3 is 2.52 bits per heavy atom. The van der Waals surface area contributed by atoms with E-state index in [-0.39, 0.29) is 23.1 Å². The fourth-order valence-electron chi connectivity index (χ4n) is 1.78. The lowest BCUT2D eigenvalue weighted by Gasteiger charge is -2.14. The number of rotatable bonds is 7. The second kappa shape index (κ2) is 7.39.